The van der Waals surface area contributed by atoms with Gasteiger partial charge in [0.1, 0.15) is 0 Å². The molecule has 2 heteroatoms. The molecule has 1 aromatic carbocycles. The molecule has 0 saturated heterocycles. The summed E-state index contributed by atoms with van der Waals surface area (Å²) in [6, 6.07) is 3.23. The summed E-state index contributed by atoms with van der Waals surface area (Å²) in [5, 5.41) is 0. The summed E-state index contributed by atoms with van der Waals surface area (Å²) in [5.41, 5.74) is 1.93. The standard InChI is InChI=1S/C17H18F2/c1-3-13-5-7-14(8-6-13)9-11-15-10-4-12(2)16(18)17(15)19/h3-5,9-11,14H,1,6-8H2,2H3/b11-9+. The van der Waals surface area contributed by atoms with Crippen LogP contribution in [0.1, 0.15) is 30.4 Å². The van der Waals surface area contributed by atoms with E-state index in [1.54, 1.807) is 25.1 Å². The summed E-state index contributed by atoms with van der Waals surface area (Å²) >= 11 is 0. The van der Waals surface area contributed by atoms with Gasteiger partial charge in [0.2, 0.25) is 0 Å². The van der Waals surface area contributed by atoms with Gasteiger partial charge in [-0.05, 0) is 37.7 Å². The Balaban J connectivity index is 2.10. The van der Waals surface area contributed by atoms with Gasteiger partial charge >= 0.3 is 0 Å². The van der Waals surface area contributed by atoms with Crippen LogP contribution in [0.25, 0.3) is 6.08 Å². The SMILES string of the molecule is C=CC1=CCC(/C=C/c2ccc(C)c(F)c2F)CC1. The van der Waals surface area contributed by atoms with E-state index in [1.807, 2.05) is 12.2 Å². The van der Waals surface area contributed by atoms with Crippen LogP contribution in [0, 0.1) is 24.5 Å². The maximum atomic E-state index is 13.7. The van der Waals surface area contributed by atoms with E-state index in [0.717, 1.165) is 19.3 Å². The van der Waals surface area contributed by atoms with Crippen molar-refractivity contribution in [3.05, 3.63) is 65.3 Å². The van der Waals surface area contributed by atoms with Crippen molar-refractivity contribution in [2.24, 2.45) is 5.92 Å². The molecule has 100 valence electrons. The van der Waals surface area contributed by atoms with Crippen molar-refractivity contribution in [2.75, 3.05) is 0 Å². The van der Waals surface area contributed by atoms with Gasteiger partial charge in [0, 0.05) is 5.56 Å². The highest BCUT2D eigenvalue weighted by Crippen LogP contribution is 2.26. The first-order chi connectivity index (χ1) is 9.11. The average molecular weight is 260 g/mol. The highest BCUT2D eigenvalue weighted by Gasteiger charge is 2.12. The Labute approximate surface area is 113 Å². The van der Waals surface area contributed by atoms with Crippen molar-refractivity contribution in [3.8, 4) is 0 Å². The third-order valence-electron chi connectivity index (χ3n) is 3.60. The van der Waals surface area contributed by atoms with Crippen LogP contribution < -0.4 is 0 Å². The van der Waals surface area contributed by atoms with Gasteiger partial charge in [-0.3, -0.25) is 0 Å². The first-order valence-electron chi connectivity index (χ1n) is 6.56. The minimum Gasteiger partial charge on any atom is -0.203 e. The second-order valence-electron chi connectivity index (χ2n) is 4.98. The fraction of sp³-hybridized carbons (Fsp3) is 0.294. The van der Waals surface area contributed by atoms with E-state index in [2.05, 4.69) is 12.7 Å². The Hall–Kier alpha value is -1.70. The van der Waals surface area contributed by atoms with Gasteiger partial charge in [0.15, 0.2) is 11.6 Å². The Kier molecular flexibility index (Phi) is 4.31. The number of halogens is 2. The molecule has 19 heavy (non-hydrogen) atoms. The van der Waals surface area contributed by atoms with Gasteiger partial charge in [0.25, 0.3) is 0 Å². The average Bonchev–Trinajstić information content (AvgIpc) is 2.45. The van der Waals surface area contributed by atoms with Gasteiger partial charge in [-0.1, -0.05) is 48.6 Å². The lowest BCUT2D eigenvalue weighted by molar-refractivity contribution is 0.501. The van der Waals surface area contributed by atoms with Gasteiger partial charge in [0.05, 0.1) is 0 Å². The van der Waals surface area contributed by atoms with E-state index in [4.69, 9.17) is 0 Å². The first-order valence-corrected chi connectivity index (χ1v) is 6.56. The van der Waals surface area contributed by atoms with Crippen LogP contribution in [0.3, 0.4) is 0 Å². The number of hydrogen-bond donors (Lipinski definition) is 0. The van der Waals surface area contributed by atoms with Gasteiger partial charge < -0.3 is 0 Å². The van der Waals surface area contributed by atoms with Crippen LogP contribution in [0.15, 0.2) is 42.5 Å². The van der Waals surface area contributed by atoms with Crippen LogP contribution in [0.4, 0.5) is 8.78 Å². The normalized spacial score (nSPS) is 19.5. The Morgan fingerprint density at radius 3 is 2.68 bits per heavy atom. The number of rotatable bonds is 3. The molecule has 1 unspecified atom stereocenters. The molecule has 0 saturated carbocycles. The summed E-state index contributed by atoms with van der Waals surface area (Å²) in [4.78, 5) is 0. The number of allylic oxidation sites excluding steroid dienone is 4. The maximum absolute atomic E-state index is 13.7. The van der Waals surface area contributed by atoms with Crippen LogP contribution in [-0.4, -0.2) is 0 Å². The molecule has 0 fully saturated rings. The minimum absolute atomic E-state index is 0.321. The van der Waals surface area contributed by atoms with E-state index in [9.17, 15) is 8.78 Å². The highest BCUT2D eigenvalue weighted by atomic mass is 19.2. The molecule has 2 rings (SSSR count). The van der Waals surface area contributed by atoms with Gasteiger partial charge in [-0.2, -0.15) is 0 Å². The Morgan fingerprint density at radius 2 is 2.05 bits per heavy atom. The summed E-state index contributed by atoms with van der Waals surface area (Å²) < 4.78 is 27.1. The molecule has 0 spiro atoms. The van der Waals surface area contributed by atoms with Gasteiger partial charge in [-0.25, -0.2) is 8.78 Å². The molecular weight excluding hydrogens is 242 g/mol. The van der Waals surface area contributed by atoms with E-state index in [-0.39, 0.29) is 0 Å². The monoisotopic (exact) mass is 260 g/mol. The molecule has 0 heterocycles. The van der Waals surface area contributed by atoms with E-state index in [0.29, 0.717) is 17.0 Å². The van der Waals surface area contributed by atoms with Crippen LogP contribution in [-0.2, 0) is 0 Å². The van der Waals surface area contributed by atoms with E-state index in [1.165, 1.54) is 5.57 Å². The van der Waals surface area contributed by atoms with Crippen molar-refractivity contribution < 1.29 is 8.78 Å². The fourth-order valence-electron chi connectivity index (χ4n) is 2.26. The summed E-state index contributed by atoms with van der Waals surface area (Å²) in [6.07, 6.45) is 10.7. The molecule has 0 bridgehead atoms. The molecule has 1 aliphatic carbocycles. The van der Waals surface area contributed by atoms with Crippen LogP contribution >= 0.6 is 0 Å². The molecule has 0 aliphatic heterocycles. The minimum atomic E-state index is -0.755. The molecule has 1 atom stereocenters. The zero-order valence-electron chi connectivity index (χ0n) is 11.1. The lowest BCUT2D eigenvalue weighted by atomic mass is 9.89. The summed E-state index contributed by atoms with van der Waals surface area (Å²) in [5.74, 6) is -1.11. The zero-order valence-corrected chi connectivity index (χ0v) is 11.1. The summed E-state index contributed by atoms with van der Waals surface area (Å²) in [6.45, 7) is 5.32. The molecule has 0 aromatic heterocycles. The topological polar surface area (TPSA) is 0 Å². The second-order valence-corrected chi connectivity index (χ2v) is 4.98. The highest BCUT2D eigenvalue weighted by molar-refractivity contribution is 5.51. The Morgan fingerprint density at radius 1 is 1.26 bits per heavy atom. The lowest BCUT2D eigenvalue weighted by Crippen LogP contribution is -2.02. The van der Waals surface area contributed by atoms with Crippen molar-refractivity contribution >= 4 is 6.08 Å². The van der Waals surface area contributed by atoms with E-state index < -0.39 is 11.6 Å². The number of benzene rings is 1. The molecular formula is C17H18F2. The van der Waals surface area contributed by atoms with Crippen molar-refractivity contribution in [1.29, 1.82) is 0 Å². The summed E-state index contributed by atoms with van der Waals surface area (Å²) in [7, 11) is 0. The molecule has 1 aromatic rings. The smallest absolute Gasteiger partial charge is 0.166 e. The zero-order chi connectivity index (χ0) is 13.8. The number of hydrogen-bond acceptors (Lipinski definition) is 0. The third-order valence-corrected chi connectivity index (χ3v) is 3.60. The maximum Gasteiger partial charge on any atom is 0.166 e. The molecule has 1 aliphatic rings. The number of aryl methyl sites for hydroxylation is 1. The third kappa shape index (κ3) is 3.19. The van der Waals surface area contributed by atoms with E-state index >= 15 is 0 Å². The molecule has 0 N–H and O–H groups in total. The lowest BCUT2D eigenvalue weighted by Gasteiger charge is -2.17. The quantitative estimate of drug-likeness (QED) is 0.700. The van der Waals surface area contributed by atoms with Crippen LogP contribution in [0.2, 0.25) is 0 Å². The second kappa shape index (κ2) is 5.96. The largest absolute Gasteiger partial charge is 0.203 e. The Bertz CT molecular complexity index is 538. The molecule has 0 amide bonds. The first kappa shape index (κ1) is 13.7. The van der Waals surface area contributed by atoms with Crippen molar-refractivity contribution in [1.82, 2.24) is 0 Å². The van der Waals surface area contributed by atoms with Crippen molar-refractivity contribution in [2.45, 2.75) is 26.2 Å². The molecule has 0 nitrogen and oxygen atoms in total. The fourth-order valence-corrected chi connectivity index (χ4v) is 2.26. The van der Waals surface area contributed by atoms with Gasteiger partial charge in [-0.15, -0.1) is 0 Å². The molecule has 0 radical (unpaired) electrons. The van der Waals surface area contributed by atoms with Crippen molar-refractivity contribution in [3.63, 3.8) is 0 Å². The van der Waals surface area contributed by atoms with Crippen LogP contribution in [0.5, 0.6) is 0 Å². The predicted molar refractivity (Wildman–Crippen MR) is 75.8 cm³/mol. The predicted octanol–water partition coefficient (Wildman–Crippen LogP) is 5.20.